The van der Waals surface area contributed by atoms with Gasteiger partial charge in [0, 0.05) is 6.92 Å². The summed E-state index contributed by atoms with van der Waals surface area (Å²) in [5.41, 5.74) is 1.83. The zero-order valence-corrected chi connectivity index (χ0v) is 16.4. The predicted octanol–water partition coefficient (Wildman–Crippen LogP) is 3.35. The molecular formula is C21H25BFNO3. The van der Waals surface area contributed by atoms with E-state index in [0.29, 0.717) is 0 Å². The van der Waals surface area contributed by atoms with Crippen molar-refractivity contribution in [2.24, 2.45) is 0 Å². The number of hydrogen-bond acceptors (Lipinski definition) is 3. The van der Waals surface area contributed by atoms with Gasteiger partial charge >= 0.3 is 7.12 Å². The largest absolute Gasteiger partial charge is 0.494 e. The number of rotatable bonds is 4. The second-order valence-corrected chi connectivity index (χ2v) is 7.94. The summed E-state index contributed by atoms with van der Waals surface area (Å²) in [5.74, 6) is -0.462. The van der Waals surface area contributed by atoms with E-state index in [4.69, 9.17) is 9.31 Å². The van der Waals surface area contributed by atoms with Crippen LogP contribution in [0.1, 0.15) is 51.8 Å². The third-order valence-electron chi connectivity index (χ3n) is 5.35. The van der Waals surface area contributed by atoms with Crippen LogP contribution in [0.3, 0.4) is 0 Å². The number of hydrogen-bond donors (Lipinski definition) is 1. The average molecular weight is 369 g/mol. The van der Waals surface area contributed by atoms with Gasteiger partial charge in [0.05, 0.1) is 17.2 Å². The lowest BCUT2D eigenvalue weighted by Crippen LogP contribution is -2.41. The number of benzene rings is 2. The first-order valence-corrected chi connectivity index (χ1v) is 9.07. The molecular weight excluding hydrogens is 344 g/mol. The van der Waals surface area contributed by atoms with Crippen LogP contribution in [0.2, 0.25) is 0 Å². The number of amides is 1. The van der Waals surface area contributed by atoms with E-state index in [0.717, 1.165) is 16.6 Å². The molecule has 2 aromatic carbocycles. The van der Waals surface area contributed by atoms with Gasteiger partial charge in [-0.3, -0.25) is 4.79 Å². The Labute approximate surface area is 160 Å². The smallest absolute Gasteiger partial charge is 0.399 e. The molecule has 0 aliphatic carbocycles. The minimum atomic E-state index is -0.436. The molecule has 1 heterocycles. The SMILES string of the molecule is CC(=O)N[C@H](c1ccc(F)cc1)c1ccc(B2OC(C)(C)C(C)(C)O2)cc1. The fourth-order valence-corrected chi connectivity index (χ4v) is 3.04. The first-order valence-electron chi connectivity index (χ1n) is 9.07. The molecule has 3 rings (SSSR count). The Hall–Kier alpha value is -2.18. The first kappa shape index (κ1) is 19.6. The molecule has 1 fully saturated rings. The van der Waals surface area contributed by atoms with Crippen LogP contribution in [0.25, 0.3) is 0 Å². The second-order valence-electron chi connectivity index (χ2n) is 7.94. The maximum Gasteiger partial charge on any atom is 0.494 e. The van der Waals surface area contributed by atoms with E-state index in [1.165, 1.54) is 19.1 Å². The van der Waals surface area contributed by atoms with Crippen LogP contribution in [-0.2, 0) is 14.1 Å². The van der Waals surface area contributed by atoms with Gasteiger partial charge < -0.3 is 14.6 Å². The van der Waals surface area contributed by atoms with Gasteiger partial charge in [0.15, 0.2) is 0 Å². The molecule has 6 heteroatoms. The number of nitrogens with one attached hydrogen (secondary N) is 1. The minimum absolute atomic E-state index is 0.153. The number of carbonyl (C=O) groups excluding carboxylic acids is 1. The van der Waals surface area contributed by atoms with Gasteiger partial charge in [-0.2, -0.15) is 0 Å². The summed E-state index contributed by atoms with van der Waals surface area (Å²) in [7, 11) is -0.436. The Morgan fingerprint density at radius 3 is 1.81 bits per heavy atom. The molecule has 1 amide bonds. The van der Waals surface area contributed by atoms with Crippen molar-refractivity contribution in [3.8, 4) is 0 Å². The van der Waals surface area contributed by atoms with Gasteiger partial charge in [-0.25, -0.2) is 4.39 Å². The van der Waals surface area contributed by atoms with Crippen molar-refractivity contribution in [1.29, 1.82) is 0 Å². The molecule has 0 unspecified atom stereocenters. The van der Waals surface area contributed by atoms with Crippen molar-refractivity contribution in [1.82, 2.24) is 5.32 Å². The van der Waals surface area contributed by atoms with Crippen molar-refractivity contribution in [3.63, 3.8) is 0 Å². The molecule has 2 aromatic rings. The van der Waals surface area contributed by atoms with E-state index < -0.39 is 18.3 Å². The maximum absolute atomic E-state index is 13.3. The van der Waals surface area contributed by atoms with Crippen molar-refractivity contribution in [2.75, 3.05) is 0 Å². The molecule has 0 aromatic heterocycles. The second kappa shape index (κ2) is 7.10. The summed E-state index contributed by atoms with van der Waals surface area (Å²) in [5, 5.41) is 2.92. The molecule has 142 valence electrons. The van der Waals surface area contributed by atoms with Gasteiger partial charge in [-0.05, 0) is 56.4 Å². The van der Waals surface area contributed by atoms with Crippen molar-refractivity contribution in [3.05, 3.63) is 65.5 Å². The molecule has 1 aliphatic rings. The zero-order chi connectivity index (χ0) is 19.8. The van der Waals surface area contributed by atoms with Gasteiger partial charge in [-0.1, -0.05) is 36.4 Å². The van der Waals surface area contributed by atoms with E-state index in [1.807, 2.05) is 52.0 Å². The van der Waals surface area contributed by atoms with Crippen molar-refractivity contribution >= 4 is 18.5 Å². The molecule has 0 spiro atoms. The molecule has 1 saturated heterocycles. The highest BCUT2D eigenvalue weighted by molar-refractivity contribution is 6.62. The minimum Gasteiger partial charge on any atom is -0.399 e. The average Bonchev–Trinajstić information content (AvgIpc) is 2.81. The lowest BCUT2D eigenvalue weighted by Gasteiger charge is -2.32. The lowest BCUT2D eigenvalue weighted by atomic mass is 9.78. The van der Waals surface area contributed by atoms with Gasteiger partial charge in [0.1, 0.15) is 5.82 Å². The predicted molar refractivity (Wildman–Crippen MR) is 104 cm³/mol. The summed E-state index contributed by atoms with van der Waals surface area (Å²) >= 11 is 0. The Balaban J connectivity index is 1.86. The Bertz CT molecular complexity index is 802. The highest BCUT2D eigenvalue weighted by atomic mass is 19.1. The Morgan fingerprint density at radius 1 is 0.926 bits per heavy atom. The molecule has 0 saturated carbocycles. The van der Waals surface area contributed by atoms with Crippen LogP contribution >= 0.6 is 0 Å². The van der Waals surface area contributed by atoms with Crippen LogP contribution in [0.15, 0.2) is 48.5 Å². The van der Waals surface area contributed by atoms with Crippen molar-refractivity contribution in [2.45, 2.75) is 51.9 Å². The zero-order valence-electron chi connectivity index (χ0n) is 16.4. The van der Waals surface area contributed by atoms with Crippen LogP contribution in [-0.4, -0.2) is 24.2 Å². The van der Waals surface area contributed by atoms with Crippen LogP contribution in [0, 0.1) is 5.82 Å². The van der Waals surface area contributed by atoms with Crippen LogP contribution in [0.4, 0.5) is 4.39 Å². The molecule has 0 radical (unpaired) electrons. The summed E-state index contributed by atoms with van der Waals surface area (Å²) in [6.07, 6.45) is 0. The van der Waals surface area contributed by atoms with Crippen molar-refractivity contribution < 1.29 is 18.5 Å². The van der Waals surface area contributed by atoms with E-state index in [2.05, 4.69) is 5.32 Å². The summed E-state index contributed by atoms with van der Waals surface area (Å²) in [4.78, 5) is 11.7. The highest BCUT2D eigenvalue weighted by Gasteiger charge is 2.51. The first-order chi connectivity index (χ1) is 12.6. The molecule has 4 nitrogen and oxygen atoms in total. The Morgan fingerprint density at radius 2 is 1.37 bits per heavy atom. The van der Waals surface area contributed by atoms with Crippen LogP contribution < -0.4 is 10.8 Å². The standard InChI is InChI=1S/C21H25BFNO3/c1-14(25)24-19(16-8-12-18(23)13-9-16)15-6-10-17(11-7-15)22-26-20(2,3)21(4,5)27-22/h6-13,19H,1-5H3,(H,24,25)/t19-/m0/s1. The quantitative estimate of drug-likeness (QED) is 0.841. The molecule has 27 heavy (non-hydrogen) atoms. The normalized spacial score (nSPS) is 19.0. The fourth-order valence-electron chi connectivity index (χ4n) is 3.04. The topological polar surface area (TPSA) is 47.6 Å². The molecule has 1 atom stereocenters. The van der Waals surface area contributed by atoms with Gasteiger partial charge in [0.25, 0.3) is 0 Å². The lowest BCUT2D eigenvalue weighted by molar-refractivity contribution is -0.119. The Kier molecular flexibility index (Phi) is 5.15. The third-order valence-corrected chi connectivity index (χ3v) is 5.35. The van der Waals surface area contributed by atoms with E-state index >= 15 is 0 Å². The van der Waals surface area contributed by atoms with E-state index in [9.17, 15) is 9.18 Å². The third kappa shape index (κ3) is 4.07. The highest BCUT2D eigenvalue weighted by Crippen LogP contribution is 2.36. The molecule has 0 bridgehead atoms. The van der Waals surface area contributed by atoms with E-state index in [1.54, 1.807) is 12.1 Å². The van der Waals surface area contributed by atoms with Gasteiger partial charge in [0.2, 0.25) is 5.91 Å². The summed E-state index contributed by atoms with van der Waals surface area (Å²) in [6, 6.07) is 13.5. The summed E-state index contributed by atoms with van der Waals surface area (Å²) < 4.78 is 25.4. The van der Waals surface area contributed by atoms with E-state index in [-0.39, 0.29) is 17.8 Å². The van der Waals surface area contributed by atoms with Gasteiger partial charge in [-0.15, -0.1) is 0 Å². The molecule has 1 N–H and O–H groups in total. The number of halogens is 1. The number of carbonyl (C=O) groups is 1. The summed E-state index contributed by atoms with van der Waals surface area (Å²) in [6.45, 7) is 9.53. The monoisotopic (exact) mass is 369 g/mol. The fraction of sp³-hybridized carbons (Fsp3) is 0.381. The molecule has 1 aliphatic heterocycles. The maximum atomic E-state index is 13.3. The van der Waals surface area contributed by atoms with Crippen LogP contribution in [0.5, 0.6) is 0 Å².